The molecule has 1 saturated carbocycles. The monoisotopic (exact) mass is 283 g/mol. The lowest BCUT2D eigenvalue weighted by atomic mass is 9.85. The molecule has 0 bridgehead atoms. The van der Waals surface area contributed by atoms with Crippen molar-refractivity contribution < 1.29 is 5.11 Å². The molecule has 1 aliphatic heterocycles. The molecule has 1 heterocycles. The summed E-state index contributed by atoms with van der Waals surface area (Å²) in [5.41, 5.74) is 0.530. The number of rotatable bonds is 7. The zero-order valence-electron chi connectivity index (χ0n) is 13.2. The van der Waals surface area contributed by atoms with Crippen LogP contribution in [0.25, 0.3) is 0 Å². The van der Waals surface area contributed by atoms with Gasteiger partial charge in [0, 0.05) is 32.7 Å². The molecular weight excluding hydrogens is 250 g/mol. The van der Waals surface area contributed by atoms with Crippen LogP contribution < -0.4 is 5.32 Å². The van der Waals surface area contributed by atoms with Gasteiger partial charge in [0.1, 0.15) is 0 Å². The Balaban J connectivity index is 1.84. The molecule has 0 spiro atoms. The lowest BCUT2D eigenvalue weighted by Gasteiger charge is -2.35. The van der Waals surface area contributed by atoms with Crippen molar-refractivity contribution in [2.75, 3.05) is 59.0 Å². The third-order valence-corrected chi connectivity index (χ3v) is 5.07. The number of nitrogens with zero attached hydrogens (tertiary/aromatic N) is 2. The fraction of sp³-hybridized carbons (Fsp3) is 1.00. The highest BCUT2D eigenvalue weighted by molar-refractivity contribution is 4.90. The minimum absolute atomic E-state index is 0.296. The first-order chi connectivity index (χ1) is 9.78. The van der Waals surface area contributed by atoms with Gasteiger partial charge in [0.05, 0.1) is 6.61 Å². The number of aliphatic hydroxyl groups is 1. The summed E-state index contributed by atoms with van der Waals surface area (Å²) < 4.78 is 0. The molecule has 2 fully saturated rings. The van der Waals surface area contributed by atoms with Crippen LogP contribution in [0.5, 0.6) is 0 Å². The van der Waals surface area contributed by atoms with Crippen molar-refractivity contribution in [1.29, 1.82) is 0 Å². The molecule has 0 radical (unpaired) electrons. The first-order valence-corrected chi connectivity index (χ1v) is 8.54. The minimum atomic E-state index is 0.296. The largest absolute Gasteiger partial charge is 0.395 e. The van der Waals surface area contributed by atoms with Crippen molar-refractivity contribution in [3.63, 3.8) is 0 Å². The molecule has 0 aromatic rings. The van der Waals surface area contributed by atoms with Crippen LogP contribution in [0.15, 0.2) is 0 Å². The van der Waals surface area contributed by atoms with E-state index < -0.39 is 0 Å². The van der Waals surface area contributed by atoms with Gasteiger partial charge in [0.15, 0.2) is 0 Å². The topological polar surface area (TPSA) is 38.7 Å². The van der Waals surface area contributed by atoms with Gasteiger partial charge in [-0.1, -0.05) is 19.8 Å². The van der Waals surface area contributed by atoms with E-state index in [1.54, 1.807) is 0 Å². The maximum absolute atomic E-state index is 9.08. The lowest BCUT2D eigenvalue weighted by molar-refractivity contribution is 0.148. The highest BCUT2D eigenvalue weighted by Crippen LogP contribution is 2.38. The van der Waals surface area contributed by atoms with Crippen LogP contribution in [-0.4, -0.2) is 73.9 Å². The zero-order valence-corrected chi connectivity index (χ0v) is 13.2. The number of nitrogens with one attached hydrogen (secondary N) is 1. The number of aliphatic hydroxyl groups excluding tert-OH is 1. The van der Waals surface area contributed by atoms with E-state index in [0.29, 0.717) is 12.0 Å². The summed E-state index contributed by atoms with van der Waals surface area (Å²) in [5, 5.41) is 12.7. The van der Waals surface area contributed by atoms with Crippen LogP contribution in [0.3, 0.4) is 0 Å². The van der Waals surface area contributed by atoms with Gasteiger partial charge in [-0.3, -0.25) is 4.90 Å². The summed E-state index contributed by atoms with van der Waals surface area (Å²) in [4.78, 5) is 5.09. The smallest absolute Gasteiger partial charge is 0.0558 e. The predicted molar refractivity (Wildman–Crippen MR) is 84.0 cm³/mol. The van der Waals surface area contributed by atoms with Crippen molar-refractivity contribution in [3.05, 3.63) is 0 Å². The Hall–Kier alpha value is -0.160. The standard InChI is InChI=1S/C16H33N3O/c1-2-17-14-16(6-3-4-7-16)15-19-9-5-8-18(10-11-19)12-13-20/h17,20H,2-15H2,1H3. The van der Waals surface area contributed by atoms with Gasteiger partial charge in [-0.2, -0.15) is 0 Å². The van der Waals surface area contributed by atoms with Crippen molar-refractivity contribution in [3.8, 4) is 0 Å². The van der Waals surface area contributed by atoms with Gasteiger partial charge in [0.2, 0.25) is 0 Å². The van der Waals surface area contributed by atoms with Crippen molar-refractivity contribution in [1.82, 2.24) is 15.1 Å². The van der Waals surface area contributed by atoms with Crippen LogP contribution in [0.2, 0.25) is 0 Å². The quantitative estimate of drug-likeness (QED) is 0.735. The first-order valence-electron chi connectivity index (χ1n) is 8.54. The number of β-amino-alcohol motifs (C(OH)–C–C–N with tert-alkyl or cyclic N) is 1. The third-order valence-electron chi connectivity index (χ3n) is 5.07. The van der Waals surface area contributed by atoms with E-state index in [1.165, 1.54) is 58.3 Å². The first kappa shape index (κ1) is 16.2. The van der Waals surface area contributed by atoms with Gasteiger partial charge >= 0.3 is 0 Å². The molecule has 0 unspecified atom stereocenters. The Morgan fingerprint density at radius 3 is 2.40 bits per heavy atom. The molecule has 4 nitrogen and oxygen atoms in total. The Morgan fingerprint density at radius 2 is 1.70 bits per heavy atom. The van der Waals surface area contributed by atoms with Crippen molar-refractivity contribution in [2.45, 2.75) is 39.0 Å². The maximum atomic E-state index is 9.08. The molecule has 118 valence electrons. The number of hydrogen-bond donors (Lipinski definition) is 2. The van der Waals surface area contributed by atoms with E-state index in [2.05, 4.69) is 22.0 Å². The zero-order chi connectivity index (χ0) is 14.3. The van der Waals surface area contributed by atoms with Gasteiger partial charge in [0.25, 0.3) is 0 Å². The van der Waals surface area contributed by atoms with Crippen LogP contribution in [0.1, 0.15) is 39.0 Å². The molecule has 0 amide bonds. The summed E-state index contributed by atoms with van der Waals surface area (Å²) in [6, 6.07) is 0. The second-order valence-electron chi connectivity index (χ2n) is 6.68. The van der Waals surface area contributed by atoms with E-state index in [1.807, 2.05) is 0 Å². The normalized spacial score (nSPS) is 24.9. The third kappa shape index (κ3) is 4.69. The summed E-state index contributed by atoms with van der Waals surface area (Å²) in [6.45, 7) is 11.6. The predicted octanol–water partition coefficient (Wildman–Crippen LogP) is 1.16. The van der Waals surface area contributed by atoms with Crippen LogP contribution >= 0.6 is 0 Å². The fourth-order valence-electron chi connectivity index (χ4n) is 3.93. The molecular formula is C16H33N3O. The lowest BCUT2D eigenvalue weighted by Crippen LogP contribution is -2.44. The van der Waals surface area contributed by atoms with Crippen molar-refractivity contribution in [2.24, 2.45) is 5.41 Å². The molecule has 1 saturated heterocycles. The van der Waals surface area contributed by atoms with E-state index in [4.69, 9.17) is 5.11 Å². The molecule has 20 heavy (non-hydrogen) atoms. The van der Waals surface area contributed by atoms with Crippen LogP contribution in [-0.2, 0) is 0 Å². The molecule has 2 rings (SSSR count). The number of hydrogen-bond acceptors (Lipinski definition) is 4. The Bertz CT molecular complexity index is 266. The summed E-state index contributed by atoms with van der Waals surface area (Å²) in [5.74, 6) is 0. The van der Waals surface area contributed by atoms with Gasteiger partial charge < -0.3 is 15.3 Å². The Labute approximate surface area is 124 Å². The van der Waals surface area contributed by atoms with E-state index >= 15 is 0 Å². The van der Waals surface area contributed by atoms with Crippen LogP contribution in [0, 0.1) is 5.41 Å². The average molecular weight is 283 g/mol. The molecule has 0 aromatic carbocycles. The Morgan fingerprint density at radius 1 is 1.00 bits per heavy atom. The molecule has 2 aliphatic rings. The summed E-state index contributed by atoms with van der Waals surface area (Å²) >= 11 is 0. The second kappa shape index (κ2) is 8.32. The fourth-order valence-corrected chi connectivity index (χ4v) is 3.93. The van der Waals surface area contributed by atoms with Gasteiger partial charge in [-0.25, -0.2) is 0 Å². The van der Waals surface area contributed by atoms with Gasteiger partial charge in [-0.05, 0) is 44.3 Å². The molecule has 0 atom stereocenters. The molecule has 1 aliphatic carbocycles. The Kier molecular flexibility index (Phi) is 6.75. The van der Waals surface area contributed by atoms with E-state index in [0.717, 1.165) is 26.2 Å². The average Bonchev–Trinajstić information content (AvgIpc) is 2.80. The van der Waals surface area contributed by atoms with Crippen molar-refractivity contribution >= 4 is 0 Å². The van der Waals surface area contributed by atoms with E-state index in [-0.39, 0.29) is 0 Å². The van der Waals surface area contributed by atoms with Crippen LogP contribution in [0.4, 0.5) is 0 Å². The second-order valence-corrected chi connectivity index (χ2v) is 6.68. The molecule has 2 N–H and O–H groups in total. The van der Waals surface area contributed by atoms with E-state index in [9.17, 15) is 0 Å². The maximum Gasteiger partial charge on any atom is 0.0558 e. The molecule has 0 aromatic heterocycles. The minimum Gasteiger partial charge on any atom is -0.395 e. The summed E-state index contributed by atoms with van der Waals surface area (Å²) in [6.07, 6.45) is 6.87. The SMILES string of the molecule is CCNCC1(CN2CCCN(CCO)CC2)CCCC1. The van der Waals surface area contributed by atoms with Gasteiger partial charge in [-0.15, -0.1) is 0 Å². The highest BCUT2D eigenvalue weighted by atomic mass is 16.3. The molecule has 4 heteroatoms. The highest BCUT2D eigenvalue weighted by Gasteiger charge is 2.35. The summed E-state index contributed by atoms with van der Waals surface area (Å²) in [7, 11) is 0.